The standard InChI is InChI=1S/C16H35N3/c1-15(2)7-6-8-17-9-10-18-11-13-19(14-12-18)16(3,4)5/h15,17H,6-14H2,1-5H3. The van der Waals surface area contributed by atoms with Gasteiger partial charge in [0.15, 0.2) is 0 Å². The number of piperazine rings is 1. The third-order valence-electron chi connectivity index (χ3n) is 4.06. The van der Waals surface area contributed by atoms with Gasteiger partial charge in [0.05, 0.1) is 0 Å². The molecule has 0 aromatic carbocycles. The lowest BCUT2D eigenvalue weighted by Gasteiger charge is -2.42. The highest BCUT2D eigenvalue weighted by Crippen LogP contribution is 2.15. The molecule has 0 spiro atoms. The van der Waals surface area contributed by atoms with Crippen LogP contribution in [0.2, 0.25) is 0 Å². The van der Waals surface area contributed by atoms with E-state index in [2.05, 4.69) is 49.7 Å². The zero-order chi connectivity index (χ0) is 14.3. The van der Waals surface area contributed by atoms with Crippen LogP contribution in [-0.2, 0) is 0 Å². The van der Waals surface area contributed by atoms with Crippen molar-refractivity contribution in [2.75, 3.05) is 45.8 Å². The van der Waals surface area contributed by atoms with Crippen LogP contribution in [0, 0.1) is 5.92 Å². The Morgan fingerprint density at radius 2 is 1.63 bits per heavy atom. The molecule has 3 nitrogen and oxygen atoms in total. The van der Waals surface area contributed by atoms with Crippen LogP contribution in [0.4, 0.5) is 0 Å². The molecule has 0 radical (unpaired) electrons. The van der Waals surface area contributed by atoms with Crippen LogP contribution in [0.25, 0.3) is 0 Å². The van der Waals surface area contributed by atoms with Crippen molar-refractivity contribution in [3.63, 3.8) is 0 Å². The molecule has 1 heterocycles. The van der Waals surface area contributed by atoms with Gasteiger partial charge in [-0.2, -0.15) is 0 Å². The number of rotatable bonds is 7. The fourth-order valence-corrected chi connectivity index (χ4v) is 2.64. The van der Waals surface area contributed by atoms with Gasteiger partial charge in [-0.05, 0) is 46.1 Å². The first-order valence-corrected chi connectivity index (χ1v) is 8.07. The lowest BCUT2D eigenvalue weighted by atomic mass is 10.1. The molecule has 0 aromatic rings. The molecule has 0 bridgehead atoms. The summed E-state index contributed by atoms with van der Waals surface area (Å²) in [5.74, 6) is 0.840. The third-order valence-corrected chi connectivity index (χ3v) is 4.06. The van der Waals surface area contributed by atoms with E-state index < -0.39 is 0 Å². The van der Waals surface area contributed by atoms with Crippen molar-refractivity contribution >= 4 is 0 Å². The molecule has 0 aliphatic carbocycles. The number of nitrogens with zero attached hydrogens (tertiary/aromatic N) is 2. The highest BCUT2D eigenvalue weighted by molar-refractivity contribution is 4.81. The average Bonchev–Trinajstić information content (AvgIpc) is 2.32. The van der Waals surface area contributed by atoms with Gasteiger partial charge in [-0.1, -0.05) is 13.8 Å². The van der Waals surface area contributed by atoms with Crippen LogP contribution >= 0.6 is 0 Å². The molecule has 1 rings (SSSR count). The predicted octanol–water partition coefficient (Wildman–Crippen LogP) is 2.43. The molecule has 1 aliphatic heterocycles. The van der Waals surface area contributed by atoms with E-state index in [9.17, 15) is 0 Å². The molecular formula is C16H35N3. The second-order valence-electron chi connectivity index (χ2n) is 7.29. The van der Waals surface area contributed by atoms with Crippen LogP contribution in [0.5, 0.6) is 0 Å². The van der Waals surface area contributed by atoms with Gasteiger partial charge in [-0.15, -0.1) is 0 Å². The Bertz CT molecular complexity index is 225. The first kappa shape index (κ1) is 16.9. The topological polar surface area (TPSA) is 18.5 Å². The Kier molecular flexibility index (Phi) is 7.33. The Hall–Kier alpha value is -0.120. The smallest absolute Gasteiger partial charge is 0.0126 e. The van der Waals surface area contributed by atoms with E-state index in [4.69, 9.17) is 0 Å². The van der Waals surface area contributed by atoms with E-state index in [1.807, 2.05) is 0 Å². The van der Waals surface area contributed by atoms with Crippen LogP contribution in [0.1, 0.15) is 47.5 Å². The molecule has 3 heteroatoms. The Morgan fingerprint density at radius 3 is 2.16 bits per heavy atom. The highest BCUT2D eigenvalue weighted by atomic mass is 15.3. The van der Waals surface area contributed by atoms with Gasteiger partial charge in [-0.25, -0.2) is 0 Å². The largest absolute Gasteiger partial charge is 0.315 e. The van der Waals surface area contributed by atoms with Crippen LogP contribution in [0.15, 0.2) is 0 Å². The predicted molar refractivity (Wildman–Crippen MR) is 84.7 cm³/mol. The molecule has 1 aliphatic rings. The summed E-state index contributed by atoms with van der Waals surface area (Å²) in [5, 5.41) is 3.57. The normalized spacial score (nSPS) is 19.3. The molecule has 0 unspecified atom stereocenters. The Balaban J connectivity index is 2.01. The van der Waals surface area contributed by atoms with E-state index >= 15 is 0 Å². The summed E-state index contributed by atoms with van der Waals surface area (Å²) in [5.41, 5.74) is 0.335. The maximum absolute atomic E-state index is 3.57. The van der Waals surface area contributed by atoms with Crippen molar-refractivity contribution in [3.05, 3.63) is 0 Å². The third kappa shape index (κ3) is 7.28. The first-order valence-electron chi connectivity index (χ1n) is 8.07. The zero-order valence-electron chi connectivity index (χ0n) is 13.8. The summed E-state index contributed by atoms with van der Waals surface area (Å²) in [6, 6.07) is 0. The van der Waals surface area contributed by atoms with Gasteiger partial charge in [-0.3, -0.25) is 9.80 Å². The minimum absolute atomic E-state index is 0.335. The fraction of sp³-hybridized carbons (Fsp3) is 1.00. The molecular weight excluding hydrogens is 234 g/mol. The molecule has 114 valence electrons. The minimum atomic E-state index is 0.335. The summed E-state index contributed by atoms with van der Waals surface area (Å²) in [6.07, 6.45) is 2.66. The number of hydrogen-bond acceptors (Lipinski definition) is 3. The van der Waals surface area contributed by atoms with Gasteiger partial charge in [0.1, 0.15) is 0 Å². The molecule has 0 saturated carbocycles. The van der Waals surface area contributed by atoms with Crippen molar-refractivity contribution in [1.82, 2.24) is 15.1 Å². The molecule has 1 N–H and O–H groups in total. The van der Waals surface area contributed by atoms with Gasteiger partial charge < -0.3 is 5.32 Å². The summed E-state index contributed by atoms with van der Waals surface area (Å²) in [4.78, 5) is 5.19. The molecule has 0 atom stereocenters. The van der Waals surface area contributed by atoms with Crippen LogP contribution in [0.3, 0.4) is 0 Å². The maximum atomic E-state index is 3.57. The van der Waals surface area contributed by atoms with Crippen molar-refractivity contribution < 1.29 is 0 Å². The van der Waals surface area contributed by atoms with Crippen molar-refractivity contribution in [2.24, 2.45) is 5.92 Å². The van der Waals surface area contributed by atoms with Crippen molar-refractivity contribution in [2.45, 2.75) is 53.0 Å². The van der Waals surface area contributed by atoms with Crippen molar-refractivity contribution in [3.8, 4) is 0 Å². The molecule has 1 saturated heterocycles. The number of nitrogens with one attached hydrogen (secondary N) is 1. The second kappa shape index (κ2) is 8.23. The van der Waals surface area contributed by atoms with Gasteiger partial charge in [0, 0.05) is 44.8 Å². The fourth-order valence-electron chi connectivity index (χ4n) is 2.64. The molecule has 0 aromatic heterocycles. The summed E-state index contributed by atoms with van der Waals surface area (Å²) >= 11 is 0. The maximum Gasteiger partial charge on any atom is 0.0126 e. The number of hydrogen-bond donors (Lipinski definition) is 1. The van der Waals surface area contributed by atoms with E-state index in [1.54, 1.807) is 0 Å². The average molecular weight is 269 g/mol. The van der Waals surface area contributed by atoms with Crippen molar-refractivity contribution in [1.29, 1.82) is 0 Å². The van der Waals surface area contributed by atoms with Gasteiger partial charge >= 0.3 is 0 Å². The lowest BCUT2D eigenvalue weighted by Crippen LogP contribution is -2.54. The quantitative estimate of drug-likeness (QED) is 0.716. The van der Waals surface area contributed by atoms with E-state index in [0.717, 1.165) is 12.5 Å². The summed E-state index contributed by atoms with van der Waals surface area (Å²) in [7, 11) is 0. The zero-order valence-corrected chi connectivity index (χ0v) is 13.8. The van der Waals surface area contributed by atoms with Crippen LogP contribution in [-0.4, -0.2) is 61.2 Å². The lowest BCUT2D eigenvalue weighted by molar-refractivity contribution is 0.0628. The van der Waals surface area contributed by atoms with E-state index in [0.29, 0.717) is 5.54 Å². The second-order valence-corrected chi connectivity index (χ2v) is 7.29. The Morgan fingerprint density at radius 1 is 1.00 bits per heavy atom. The van der Waals surface area contributed by atoms with Gasteiger partial charge in [0.2, 0.25) is 0 Å². The summed E-state index contributed by atoms with van der Waals surface area (Å²) in [6.45, 7) is 20.0. The SMILES string of the molecule is CC(C)CCCNCCN1CCN(C(C)(C)C)CC1. The first-order chi connectivity index (χ1) is 8.89. The van der Waals surface area contributed by atoms with Gasteiger partial charge in [0.25, 0.3) is 0 Å². The monoisotopic (exact) mass is 269 g/mol. The van der Waals surface area contributed by atoms with E-state index in [-0.39, 0.29) is 0 Å². The molecule has 0 amide bonds. The highest BCUT2D eigenvalue weighted by Gasteiger charge is 2.25. The molecule has 1 fully saturated rings. The minimum Gasteiger partial charge on any atom is -0.315 e. The molecule has 19 heavy (non-hydrogen) atoms. The summed E-state index contributed by atoms with van der Waals surface area (Å²) < 4.78 is 0. The van der Waals surface area contributed by atoms with E-state index in [1.165, 1.54) is 52.1 Å². The Labute approximate surface area is 120 Å². The van der Waals surface area contributed by atoms with Crippen LogP contribution < -0.4 is 5.32 Å².